The molecule has 26 heavy (non-hydrogen) atoms. The highest BCUT2D eigenvalue weighted by atomic mass is 16.6. The second kappa shape index (κ2) is 9.74. The van der Waals surface area contributed by atoms with Gasteiger partial charge in [-0.15, -0.1) is 0 Å². The molecule has 8 nitrogen and oxygen atoms in total. The van der Waals surface area contributed by atoms with E-state index in [0.717, 1.165) is 5.56 Å². The number of esters is 1. The van der Waals surface area contributed by atoms with Crippen molar-refractivity contribution in [3.05, 3.63) is 39.9 Å². The fourth-order valence-corrected chi connectivity index (χ4v) is 2.34. The van der Waals surface area contributed by atoms with Crippen LogP contribution in [0.15, 0.2) is 24.3 Å². The second-order valence-electron chi connectivity index (χ2n) is 6.89. The first-order chi connectivity index (χ1) is 12.1. The van der Waals surface area contributed by atoms with Crippen molar-refractivity contribution in [2.45, 2.75) is 58.1 Å². The molecule has 1 rings (SSSR count). The lowest BCUT2D eigenvalue weighted by molar-refractivity contribution is -0.384. The predicted molar refractivity (Wildman–Crippen MR) is 95.8 cm³/mol. The Morgan fingerprint density at radius 1 is 1.27 bits per heavy atom. The number of aryl methyl sites for hydroxylation is 1. The summed E-state index contributed by atoms with van der Waals surface area (Å²) in [6.45, 7) is 5.20. The van der Waals surface area contributed by atoms with Gasteiger partial charge in [0.1, 0.15) is 11.6 Å². The number of nitro benzene ring substituents is 1. The molecule has 0 heterocycles. The number of amides is 1. The lowest BCUT2D eigenvalue weighted by Gasteiger charge is -2.22. The minimum atomic E-state index is -0.792. The Morgan fingerprint density at radius 3 is 2.54 bits per heavy atom. The molecule has 8 heteroatoms. The van der Waals surface area contributed by atoms with Gasteiger partial charge in [-0.25, -0.2) is 9.59 Å². The summed E-state index contributed by atoms with van der Waals surface area (Å²) in [5.41, 5.74) is 0.253. The SMILES string of the molecule is COC(=O)[C@H](CCCCc1cccc([N+](=O)[O-])c1)NC(=O)OC(C)(C)C. The molecular formula is C18H26N2O6. The maximum atomic E-state index is 11.8. The number of carbonyl (C=O) groups is 2. The molecule has 0 spiro atoms. The van der Waals surface area contributed by atoms with E-state index in [-0.39, 0.29) is 5.69 Å². The van der Waals surface area contributed by atoms with Crippen LogP contribution in [0.1, 0.15) is 45.6 Å². The fourth-order valence-electron chi connectivity index (χ4n) is 2.34. The highest BCUT2D eigenvalue weighted by molar-refractivity contribution is 5.81. The molecule has 0 bridgehead atoms. The maximum absolute atomic E-state index is 11.8. The number of carbonyl (C=O) groups excluding carboxylic acids is 2. The van der Waals surface area contributed by atoms with Crippen molar-refractivity contribution in [2.75, 3.05) is 7.11 Å². The summed E-state index contributed by atoms with van der Waals surface area (Å²) in [4.78, 5) is 34.0. The number of nitrogens with zero attached hydrogens (tertiary/aromatic N) is 1. The van der Waals surface area contributed by atoms with Gasteiger partial charge < -0.3 is 14.8 Å². The molecule has 1 N–H and O–H groups in total. The van der Waals surface area contributed by atoms with E-state index in [0.29, 0.717) is 25.7 Å². The van der Waals surface area contributed by atoms with Crippen LogP contribution in [0.4, 0.5) is 10.5 Å². The second-order valence-corrected chi connectivity index (χ2v) is 6.89. The van der Waals surface area contributed by atoms with Gasteiger partial charge in [0.2, 0.25) is 0 Å². The summed E-state index contributed by atoms with van der Waals surface area (Å²) in [7, 11) is 1.26. The first-order valence-electron chi connectivity index (χ1n) is 8.43. The van der Waals surface area contributed by atoms with Crippen LogP contribution in [0, 0.1) is 10.1 Å². The summed E-state index contributed by atoms with van der Waals surface area (Å²) in [5, 5.41) is 13.3. The number of alkyl carbamates (subject to hydrolysis) is 1. The van der Waals surface area contributed by atoms with Crippen LogP contribution in [0.2, 0.25) is 0 Å². The van der Waals surface area contributed by atoms with Gasteiger partial charge in [-0.2, -0.15) is 0 Å². The molecule has 0 fully saturated rings. The van der Waals surface area contributed by atoms with Crippen LogP contribution < -0.4 is 5.32 Å². The van der Waals surface area contributed by atoms with Crippen molar-refractivity contribution < 1.29 is 24.0 Å². The summed E-state index contributed by atoms with van der Waals surface area (Å²) in [6, 6.07) is 5.66. The normalized spacial score (nSPS) is 12.2. The zero-order chi connectivity index (χ0) is 19.7. The largest absolute Gasteiger partial charge is 0.467 e. The third-order valence-corrected chi connectivity index (χ3v) is 3.51. The number of nitrogens with one attached hydrogen (secondary N) is 1. The number of benzene rings is 1. The molecule has 0 aliphatic carbocycles. The lowest BCUT2D eigenvalue weighted by Crippen LogP contribution is -2.44. The molecule has 0 aliphatic heterocycles. The number of non-ortho nitro benzene ring substituents is 1. The van der Waals surface area contributed by atoms with Gasteiger partial charge in [0.15, 0.2) is 0 Å². The molecule has 1 aromatic rings. The zero-order valence-electron chi connectivity index (χ0n) is 15.6. The minimum Gasteiger partial charge on any atom is -0.467 e. The van der Waals surface area contributed by atoms with Crippen LogP contribution >= 0.6 is 0 Å². The van der Waals surface area contributed by atoms with E-state index in [9.17, 15) is 19.7 Å². The first kappa shape index (κ1) is 21.4. The van der Waals surface area contributed by atoms with Gasteiger partial charge in [0.25, 0.3) is 5.69 Å². The number of unbranched alkanes of at least 4 members (excludes halogenated alkanes) is 1. The smallest absolute Gasteiger partial charge is 0.408 e. The molecule has 0 unspecified atom stereocenters. The van der Waals surface area contributed by atoms with Crippen LogP contribution in [-0.2, 0) is 20.7 Å². The monoisotopic (exact) mass is 366 g/mol. The van der Waals surface area contributed by atoms with E-state index in [4.69, 9.17) is 9.47 Å². The Balaban J connectivity index is 2.52. The molecular weight excluding hydrogens is 340 g/mol. The summed E-state index contributed by atoms with van der Waals surface area (Å²) >= 11 is 0. The standard InChI is InChI=1S/C18H26N2O6/c1-18(2,3)26-17(22)19-15(16(21)25-4)11-6-5-8-13-9-7-10-14(12-13)20(23)24/h7,9-10,12,15H,5-6,8,11H2,1-4H3,(H,19,22)/t15-/m0/s1. The lowest BCUT2D eigenvalue weighted by atomic mass is 10.0. The quantitative estimate of drug-likeness (QED) is 0.327. The van der Waals surface area contributed by atoms with Crippen molar-refractivity contribution in [1.29, 1.82) is 0 Å². The van der Waals surface area contributed by atoms with E-state index in [2.05, 4.69) is 5.32 Å². The first-order valence-corrected chi connectivity index (χ1v) is 8.43. The average molecular weight is 366 g/mol. The molecule has 0 saturated carbocycles. The average Bonchev–Trinajstić information content (AvgIpc) is 2.55. The van der Waals surface area contributed by atoms with Crippen LogP contribution in [0.5, 0.6) is 0 Å². The molecule has 0 aromatic heterocycles. The van der Waals surface area contributed by atoms with Crippen molar-refractivity contribution in [3.8, 4) is 0 Å². The van der Waals surface area contributed by atoms with Gasteiger partial charge in [0.05, 0.1) is 12.0 Å². The Labute approximate surface area is 153 Å². The van der Waals surface area contributed by atoms with Gasteiger partial charge in [0, 0.05) is 12.1 Å². The third-order valence-electron chi connectivity index (χ3n) is 3.51. The van der Waals surface area contributed by atoms with Gasteiger partial charge >= 0.3 is 12.1 Å². The fraction of sp³-hybridized carbons (Fsp3) is 0.556. The third kappa shape index (κ3) is 7.96. The summed E-state index contributed by atoms with van der Waals surface area (Å²) in [5.74, 6) is -0.536. The molecule has 0 aliphatic rings. The number of methoxy groups -OCH3 is 1. The van der Waals surface area contributed by atoms with Crippen molar-refractivity contribution in [1.82, 2.24) is 5.32 Å². The van der Waals surface area contributed by atoms with E-state index in [1.54, 1.807) is 26.8 Å². The van der Waals surface area contributed by atoms with Gasteiger partial charge in [-0.1, -0.05) is 18.6 Å². The molecule has 144 valence electrons. The van der Waals surface area contributed by atoms with E-state index in [1.165, 1.54) is 19.2 Å². The molecule has 1 atom stereocenters. The van der Waals surface area contributed by atoms with E-state index >= 15 is 0 Å². The Bertz CT molecular complexity index is 639. The van der Waals surface area contributed by atoms with E-state index < -0.39 is 28.6 Å². The Morgan fingerprint density at radius 2 is 1.96 bits per heavy atom. The number of rotatable bonds is 8. The highest BCUT2D eigenvalue weighted by Crippen LogP contribution is 2.16. The summed E-state index contributed by atoms with van der Waals surface area (Å²) < 4.78 is 9.87. The maximum Gasteiger partial charge on any atom is 0.408 e. The van der Waals surface area contributed by atoms with Crippen LogP contribution in [0.3, 0.4) is 0 Å². The minimum absolute atomic E-state index is 0.0570. The number of ether oxygens (including phenoxy) is 2. The highest BCUT2D eigenvalue weighted by Gasteiger charge is 2.24. The van der Waals surface area contributed by atoms with Crippen molar-refractivity contribution >= 4 is 17.7 Å². The Hall–Kier alpha value is -2.64. The molecule has 0 radical (unpaired) electrons. The number of nitro groups is 1. The molecule has 1 aromatic carbocycles. The van der Waals surface area contributed by atoms with Crippen LogP contribution in [-0.4, -0.2) is 35.7 Å². The van der Waals surface area contributed by atoms with Gasteiger partial charge in [-0.3, -0.25) is 10.1 Å². The van der Waals surface area contributed by atoms with Crippen molar-refractivity contribution in [2.24, 2.45) is 0 Å². The topological polar surface area (TPSA) is 108 Å². The van der Waals surface area contributed by atoms with Crippen LogP contribution in [0.25, 0.3) is 0 Å². The van der Waals surface area contributed by atoms with Crippen molar-refractivity contribution in [3.63, 3.8) is 0 Å². The predicted octanol–water partition coefficient (Wildman–Crippen LogP) is 3.37. The zero-order valence-corrected chi connectivity index (χ0v) is 15.6. The number of hydrogen-bond donors (Lipinski definition) is 1. The Kier molecular flexibility index (Phi) is 8.02. The van der Waals surface area contributed by atoms with E-state index in [1.807, 2.05) is 6.07 Å². The summed E-state index contributed by atoms with van der Waals surface area (Å²) in [6.07, 6.45) is 1.71. The number of hydrogen-bond acceptors (Lipinski definition) is 6. The molecule has 0 saturated heterocycles. The van der Waals surface area contributed by atoms with Gasteiger partial charge in [-0.05, 0) is 45.6 Å². The molecule has 1 amide bonds.